The predicted molar refractivity (Wildman–Crippen MR) is 118 cm³/mol. The highest BCUT2D eigenvalue weighted by Gasteiger charge is 2.30. The molecular weight excluding hydrogens is 440 g/mol. The average Bonchev–Trinajstić information content (AvgIpc) is 2.78. The summed E-state index contributed by atoms with van der Waals surface area (Å²) in [6, 6.07) is 6.78. The van der Waals surface area contributed by atoms with Crippen LogP contribution >= 0.6 is 0 Å². The first kappa shape index (κ1) is 24.1. The minimum atomic E-state index is -3.45. The van der Waals surface area contributed by atoms with Crippen molar-refractivity contribution in [2.45, 2.75) is 37.0 Å². The average molecular weight is 473 g/mol. The van der Waals surface area contributed by atoms with E-state index in [0.29, 0.717) is 43.9 Å². The fourth-order valence-electron chi connectivity index (χ4n) is 3.89. The van der Waals surface area contributed by atoms with Gasteiger partial charge in [-0.05, 0) is 37.0 Å². The number of piperidine rings is 1. The molecule has 0 saturated carbocycles. The Hall–Kier alpha value is -1.53. The van der Waals surface area contributed by atoms with Crippen LogP contribution in [0.2, 0.25) is 0 Å². The predicted octanol–water partition coefficient (Wildman–Crippen LogP) is 0.744. The van der Waals surface area contributed by atoms with Crippen molar-refractivity contribution < 1.29 is 21.6 Å². The highest BCUT2D eigenvalue weighted by molar-refractivity contribution is 7.89. The number of amides is 1. The van der Waals surface area contributed by atoms with Crippen LogP contribution in [-0.2, 0) is 31.4 Å². The number of benzene rings is 1. The molecule has 3 rings (SSSR count). The lowest BCUT2D eigenvalue weighted by Crippen LogP contribution is -2.53. The van der Waals surface area contributed by atoms with Crippen molar-refractivity contribution in [1.82, 2.24) is 17.8 Å². The van der Waals surface area contributed by atoms with Gasteiger partial charge in [0.15, 0.2) is 0 Å². The van der Waals surface area contributed by atoms with Crippen LogP contribution in [0.1, 0.15) is 31.2 Å². The summed E-state index contributed by atoms with van der Waals surface area (Å²) < 4.78 is 53.9. The van der Waals surface area contributed by atoms with Gasteiger partial charge in [0.05, 0.1) is 4.90 Å². The van der Waals surface area contributed by atoms with Gasteiger partial charge < -0.3 is 4.90 Å². The van der Waals surface area contributed by atoms with E-state index in [1.54, 1.807) is 33.5 Å². The SMILES string of the molecule is CN(C)S(=O)(=O)N1CCN(C(=O)CCc2ccc(S(=O)(=O)N3CCCCC3)cc2)CC1. The molecule has 0 atom stereocenters. The molecule has 0 aliphatic carbocycles. The molecule has 0 radical (unpaired) electrons. The topological polar surface area (TPSA) is 98.3 Å². The van der Waals surface area contributed by atoms with Gasteiger partial charge in [0, 0.05) is 59.8 Å². The highest BCUT2D eigenvalue weighted by Crippen LogP contribution is 2.21. The van der Waals surface area contributed by atoms with Gasteiger partial charge in [0.1, 0.15) is 0 Å². The van der Waals surface area contributed by atoms with Crippen molar-refractivity contribution in [1.29, 1.82) is 0 Å². The largest absolute Gasteiger partial charge is 0.340 e. The Balaban J connectivity index is 1.51. The molecule has 0 bridgehead atoms. The van der Waals surface area contributed by atoms with Crippen molar-refractivity contribution in [3.8, 4) is 0 Å². The van der Waals surface area contributed by atoms with Crippen LogP contribution in [0.5, 0.6) is 0 Å². The van der Waals surface area contributed by atoms with Gasteiger partial charge in [0.2, 0.25) is 15.9 Å². The van der Waals surface area contributed by atoms with Crippen LogP contribution in [0, 0.1) is 0 Å². The van der Waals surface area contributed by atoms with E-state index in [1.807, 2.05) is 0 Å². The smallest absolute Gasteiger partial charge is 0.281 e. The summed E-state index contributed by atoms with van der Waals surface area (Å²) in [6.07, 6.45) is 3.68. The fraction of sp³-hybridized carbons (Fsp3) is 0.650. The van der Waals surface area contributed by atoms with E-state index in [4.69, 9.17) is 0 Å². The second-order valence-corrected chi connectivity index (χ2v) is 12.3. The van der Waals surface area contributed by atoms with Gasteiger partial charge in [-0.3, -0.25) is 4.79 Å². The first-order chi connectivity index (χ1) is 14.6. The molecule has 1 aromatic rings. The lowest BCUT2D eigenvalue weighted by Gasteiger charge is -2.35. The molecule has 2 aliphatic rings. The first-order valence-electron chi connectivity index (χ1n) is 10.7. The van der Waals surface area contributed by atoms with Gasteiger partial charge in [-0.25, -0.2) is 8.42 Å². The summed E-state index contributed by atoms with van der Waals surface area (Å²) >= 11 is 0. The van der Waals surface area contributed by atoms with Crippen molar-refractivity contribution in [3.05, 3.63) is 29.8 Å². The third kappa shape index (κ3) is 5.64. The molecule has 0 N–H and O–H groups in total. The van der Waals surface area contributed by atoms with E-state index >= 15 is 0 Å². The summed E-state index contributed by atoms with van der Waals surface area (Å²) in [5.74, 6) is -0.0214. The summed E-state index contributed by atoms with van der Waals surface area (Å²) in [6.45, 7) is 2.46. The van der Waals surface area contributed by atoms with Crippen molar-refractivity contribution in [2.75, 3.05) is 53.4 Å². The molecule has 2 aliphatic heterocycles. The van der Waals surface area contributed by atoms with E-state index in [-0.39, 0.29) is 19.0 Å². The standard InChI is InChI=1S/C20H32N4O5S2/c1-21(2)31(28,29)24-16-14-22(15-17-24)20(25)11-8-18-6-9-19(10-7-18)30(26,27)23-12-4-3-5-13-23/h6-7,9-10H,3-5,8,11-17H2,1-2H3. The van der Waals surface area contributed by atoms with E-state index in [9.17, 15) is 21.6 Å². The number of carbonyl (C=O) groups excluding carboxylic acids is 1. The molecular formula is C20H32N4O5S2. The van der Waals surface area contributed by atoms with Crippen LogP contribution in [-0.4, -0.2) is 93.9 Å². The third-order valence-electron chi connectivity index (χ3n) is 5.88. The molecule has 0 spiro atoms. The summed E-state index contributed by atoms with van der Waals surface area (Å²) in [7, 11) is -3.91. The number of rotatable bonds is 7. The zero-order chi connectivity index (χ0) is 22.6. The van der Waals surface area contributed by atoms with Crippen LogP contribution in [0.4, 0.5) is 0 Å². The number of hydrogen-bond donors (Lipinski definition) is 0. The molecule has 174 valence electrons. The quantitative estimate of drug-likeness (QED) is 0.583. The Morgan fingerprint density at radius 2 is 1.42 bits per heavy atom. The van der Waals surface area contributed by atoms with Crippen molar-refractivity contribution in [2.24, 2.45) is 0 Å². The lowest BCUT2D eigenvalue weighted by molar-refractivity contribution is -0.132. The van der Waals surface area contributed by atoms with Gasteiger partial charge in [-0.1, -0.05) is 18.6 Å². The molecule has 2 fully saturated rings. The number of piperazine rings is 1. The van der Waals surface area contributed by atoms with Gasteiger partial charge in [-0.15, -0.1) is 0 Å². The monoisotopic (exact) mass is 472 g/mol. The summed E-state index contributed by atoms with van der Waals surface area (Å²) in [4.78, 5) is 14.5. The van der Waals surface area contributed by atoms with E-state index in [0.717, 1.165) is 24.8 Å². The molecule has 11 heteroatoms. The van der Waals surface area contributed by atoms with Crippen LogP contribution in [0.25, 0.3) is 0 Å². The second-order valence-electron chi connectivity index (χ2n) is 8.18. The normalized spacial score (nSPS) is 19.6. The highest BCUT2D eigenvalue weighted by atomic mass is 32.2. The van der Waals surface area contributed by atoms with E-state index < -0.39 is 20.2 Å². The van der Waals surface area contributed by atoms with E-state index in [2.05, 4.69) is 0 Å². The summed E-state index contributed by atoms with van der Waals surface area (Å²) in [5.41, 5.74) is 0.903. The Morgan fingerprint density at radius 1 is 0.839 bits per heavy atom. The Labute approximate surface area is 185 Å². The molecule has 31 heavy (non-hydrogen) atoms. The molecule has 2 heterocycles. The zero-order valence-corrected chi connectivity index (χ0v) is 19.9. The minimum Gasteiger partial charge on any atom is -0.340 e. The first-order valence-corrected chi connectivity index (χ1v) is 13.5. The molecule has 0 aromatic heterocycles. The Morgan fingerprint density at radius 3 is 1.97 bits per heavy atom. The number of sulfonamides is 1. The lowest BCUT2D eigenvalue weighted by atomic mass is 10.1. The molecule has 9 nitrogen and oxygen atoms in total. The van der Waals surface area contributed by atoms with Crippen LogP contribution < -0.4 is 0 Å². The van der Waals surface area contributed by atoms with Gasteiger partial charge in [-0.2, -0.15) is 21.3 Å². The van der Waals surface area contributed by atoms with Crippen LogP contribution in [0.3, 0.4) is 0 Å². The third-order valence-corrected chi connectivity index (χ3v) is 9.74. The maximum Gasteiger partial charge on any atom is 0.281 e. The maximum atomic E-state index is 12.7. The van der Waals surface area contributed by atoms with Crippen molar-refractivity contribution in [3.63, 3.8) is 0 Å². The zero-order valence-electron chi connectivity index (χ0n) is 18.2. The van der Waals surface area contributed by atoms with Gasteiger partial charge in [0.25, 0.3) is 10.2 Å². The summed E-state index contributed by atoms with van der Waals surface area (Å²) in [5, 5.41) is 0. The maximum absolute atomic E-state index is 12.7. The van der Waals surface area contributed by atoms with Gasteiger partial charge >= 0.3 is 0 Å². The van der Waals surface area contributed by atoms with Crippen LogP contribution in [0.15, 0.2) is 29.2 Å². The van der Waals surface area contributed by atoms with Crippen molar-refractivity contribution >= 4 is 26.1 Å². The number of carbonyl (C=O) groups is 1. The molecule has 1 aromatic carbocycles. The number of aryl methyl sites for hydroxylation is 1. The number of hydrogen-bond acceptors (Lipinski definition) is 5. The van der Waals surface area contributed by atoms with E-state index in [1.165, 1.54) is 22.7 Å². The Bertz CT molecular complexity index is 963. The minimum absolute atomic E-state index is 0.0214. The molecule has 1 amide bonds. The Kier molecular flexibility index (Phi) is 7.74. The number of nitrogens with zero attached hydrogens (tertiary/aromatic N) is 4. The molecule has 0 unspecified atom stereocenters. The second kappa shape index (κ2) is 9.95. The fourth-order valence-corrected chi connectivity index (χ4v) is 6.49. The molecule has 2 saturated heterocycles.